The molecule has 36 heavy (non-hydrogen) atoms. The van der Waals surface area contributed by atoms with Crippen molar-refractivity contribution in [2.75, 3.05) is 0 Å². The van der Waals surface area contributed by atoms with E-state index in [1.54, 1.807) is 11.3 Å². The first-order valence-corrected chi connectivity index (χ1v) is 15.2. The number of amides is 1. The molecule has 1 aromatic heterocycles. The molecule has 0 aromatic carbocycles. The molecule has 5 heteroatoms. The number of halogens is 1. The molecule has 4 aliphatic carbocycles. The second-order valence-electron chi connectivity index (χ2n) is 12.7. The zero-order valence-corrected chi connectivity index (χ0v) is 24.1. The minimum absolute atomic E-state index is 0.0376. The van der Waals surface area contributed by atoms with Crippen LogP contribution in [0.25, 0.3) is 0 Å². The highest BCUT2D eigenvalue weighted by Gasteiger charge is 2.60. The van der Waals surface area contributed by atoms with Gasteiger partial charge >= 0.3 is 0 Å². The second kappa shape index (κ2) is 9.73. The first-order valence-electron chi connectivity index (χ1n) is 14.1. The van der Waals surface area contributed by atoms with Crippen molar-refractivity contribution in [3.8, 4) is 0 Å². The van der Waals surface area contributed by atoms with Gasteiger partial charge in [-0.1, -0.05) is 57.9 Å². The van der Waals surface area contributed by atoms with Crippen LogP contribution in [0.2, 0.25) is 4.34 Å². The van der Waals surface area contributed by atoms with Crippen molar-refractivity contribution in [1.29, 1.82) is 0 Å². The third kappa shape index (κ3) is 4.34. The summed E-state index contributed by atoms with van der Waals surface area (Å²) in [5.41, 5.74) is 1.70. The monoisotopic (exact) mass is 527 g/mol. The molecule has 0 spiro atoms. The van der Waals surface area contributed by atoms with Gasteiger partial charge in [-0.05, 0) is 104 Å². The molecular formula is C31H42ClNO2S. The molecule has 1 heterocycles. The van der Waals surface area contributed by atoms with E-state index >= 15 is 0 Å². The van der Waals surface area contributed by atoms with E-state index in [-0.39, 0.29) is 23.1 Å². The summed E-state index contributed by atoms with van der Waals surface area (Å²) in [7, 11) is 0. The maximum absolute atomic E-state index is 13.1. The van der Waals surface area contributed by atoms with E-state index < -0.39 is 0 Å². The van der Waals surface area contributed by atoms with Gasteiger partial charge < -0.3 is 5.32 Å². The summed E-state index contributed by atoms with van der Waals surface area (Å²) in [6, 6.07) is 4.00. The van der Waals surface area contributed by atoms with Crippen LogP contribution >= 0.6 is 22.9 Å². The molecule has 9 atom stereocenters. The van der Waals surface area contributed by atoms with Crippen LogP contribution in [-0.4, -0.2) is 11.7 Å². The molecule has 3 fully saturated rings. The number of thiophene rings is 1. The van der Waals surface area contributed by atoms with Crippen LogP contribution in [0.15, 0.2) is 35.9 Å². The van der Waals surface area contributed by atoms with E-state index in [2.05, 4.69) is 46.0 Å². The standard InChI is InChI=1S/C31H42ClNO2S/c1-6-25(26-9-10-27(32)36-26)33-28(35)16-18(2)22-7-8-23-29-19(3)15-20-17-21(34)11-13-30(20,4)24(29)12-14-31(22,23)5/h9-11,13,17-19,22-25,29H,6-8,12,14-16H2,1-5H3,(H,33,35)/t18-,19-,22?,23+,24+,25?,29?,30?,31?/m1/s1. The molecule has 3 nitrogen and oxygen atoms in total. The summed E-state index contributed by atoms with van der Waals surface area (Å²) in [6.07, 6.45) is 13.5. The minimum Gasteiger partial charge on any atom is -0.348 e. The van der Waals surface area contributed by atoms with Crippen LogP contribution in [0, 0.1) is 46.3 Å². The van der Waals surface area contributed by atoms with Crippen molar-refractivity contribution in [3.05, 3.63) is 45.1 Å². The molecule has 4 aliphatic rings. The fourth-order valence-electron chi connectivity index (χ4n) is 9.10. The Balaban J connectivity index is 1.29. The summed E-state index contributed by atoms with van der Waals surface area (Å²) in [6.45, 7) is 11.8. The molecule has 0 radical (unpaired) electrons. The first kappa shape index (κ1) is 26.2. The van der Waals surface area contributed by atoms with E-state index in [1.807, 2.05) is 24.3 Å². The van der Waals surface area contributed by atoms with Crippen molar-refractivity contribution in [2.45, 2.75) is 85.6 Å². The highest BCUT2D eigenvalue weighted by Crippen LogP contribution is 2.68. The van der Waals surface area contributed by atoms with Crippen molar-refractivity contribution < 1.29 is 9.59 Å². The number of ketones is 1. The van der Waals surface area contributed by atoms with Crippen LogP contribution in [0.4, 0.5) is 0 Å². The number of allylic oxidation sites excluding steroid dienone is 4. The predicted octanol–water partition coefficient (Wildman–Crippen LogP) is 8.17. The van der Waals surface area contributed by atoms with Gasteiger partial charge in [-0.25, -0.2) is 0 Å². The zero-order valence-electron chi connectivity index (χ0n) is 22.5. The van der Waals surface area contributed by atoms with Gasteiger partial charge in [0, 0.05) is 16.7 Å². The Labute approximate surface area is 226 Å². The van der Waals surface area contributed by atoms with Gasteiger partial charge in [0.25, 0.3) is 0 Å². The average Bonchev–Trinajstić information content (AvgIpc) is 3.41. The van der Waals surface area contributed by atoms with Gasteiger partial charge in [-0.2, -0.15) is 0 Å². The molecule has 196 valence electrons. The molecule has 5 rings (SSSR count). The zero-order chi connectivity index (χ0) is 25.8. The Morgan fingerprint density at radius 1 is 1.22 bits per heavy atom. The van der Waals surface area contributed by atoms with Gasteiger partial charge in [-0.15, -0.1) is 11.3 Å². The molecular weight excluding hydrogens is 486 g/mol. The molecule has 1 N–H and O–H groups in total. The van der Waals surface area contributed by atoms with E-state index in [0.717, 1.165) is 22.1 Å². The molecule has 0 bridgehead atoms. The molecule has 1 amide bonds. The maximum Gasteiger partial charge on any atom is 0.220 e. The van der Waals surface area contributed by atoms with Gasteiger partial charge in [-0.3, -0.25) is 9.59 Å². The number of hydrogen-bond acceptors (Lipinski definition) is 3. The lowest BCUT2D eigenvalue weighted by molar-refractivity contribution is -0.124. The quantitative estimate of drug-likeness (QED) is 0.405. The van der Waals surface area contributed by atoms with Crippen LogP contribution < -0.4 is 5.32 Å². The molecule has 3 saturated carbocycles. The Morgan fingerprint density at radius 3 is 2.69 bits per heavy atom. The smallest absolute Gasteiger partial charge is 0.220 e. The Morgan fingerprint density at radius 2 is 2.00 bits per heavy atom. The topological polar surface area (TPSA) is 46.2 Å². The first-order chi connectivity index (χ1) is 17.1. The number of hydrogen-bond donors (Lipinski definition) is 1. The predicted molar refractivity (Wildman–Crippen MR) is 149 cm³/mol. The number of nitrogens with one attached hydrogen (secondary N) is 1. The summed E-state index contributed by atoms with van der Waals surface area (Å²) < 4.78 is 0.773. The number of rotatable bonds is 6. The third-order valence-corrected chi connectivity index (χ3v) is 12.2. The SMILES string of the molecule is CCC(NC(=O)C[C@@H](C)C1CC[C@H]2C3[C@H](C)CC4=CC(=O)C=CC4(C)[C@H]3CCC12C)c1ccc(Cl)s1. The van der Waals surface area contributed by atoms with Crippen molar-refractivity contribution in [1.82, 2.24) is 5.32 Å². The Kier molecular flexibility index (Phi) is 7.09. The number of carbonyl (C=O) groups excluding carboxylic acids is 2. The van der Waals surface area contributed by atoms with Gasteiger partial charge in [0.1, 0.15) is 0 Å². The van der Waals surface area contributed by atoms with Crippen LogP contribution in [0.5, 0.6) is 0 Å². The van der Waals surface area contributed by atoms with E-state index in [9.17, 15) is 9.59 Å². The van der Waals surface area contributed by atoms with Gasteiger partial charge in [0.05, 0.1) is 10.4 Å². The van der Waals surface area contributed by atoms with Crippen molar-refractivity contribution in [2.24, 2.45) is 46.3 Å². The lowest BCUT2D eigenvalue weighted by Gasteiger charge is -2.59. The number of fused-ring (bicyclic) bond motifs is 5. The fraction of sp³-hybridized carbons (Fsp3) is 0.677. The lowest BCUT2D eigenvalue weighted by Crippen LogP contribution is -2.52. The fourth-order valence-corrected chi connectivity index (χ4v) is 10.3. The second-order valence-corrected chi connectivity index (χ2v) is 14.5. The normalized spacial score (nSPS) is 39.0. The van der Waals surface area contributed by atoms with E-state index in [1.165, 1.54) is 31.3 Å². The van der Waals surface area contributed by atoms with Crippen LogP contribution in [0.3, 0.4) is 0 Å². The maximum atomic E-state index is 13.1. The van der Waals surface area contributed by atoms with Crippen molar-refractivity contribution in [3.63, 3.8) is 0 Å². The summed E-state index contributed by atoms with van der Waals surface area (Å²) in [5, 5.41) is 3.30. The van der Waals surface area contributed by atoms with Crippen molar-refractivity contribution >= 4 is 34.6 Å². The summed E-state index contributed by atoms with van der Waals surface area (Å²) >= 11 is 7.71. The molecule has 1 aromatic rings. The van der Waals surface area contributed by atoms with E-state index in [0.29, 0.717) is 47.3 Å². The molecule has 0 aliphatic heterocycles. The summed E-state index contributed by atoms with van der Waals surface area (Å²) in [4.78, 5) is 26.4. The van der Waals surface area contributed by atoms with E-state index in [4.69, 9.17) is 11.6 Å². The number of carbonyl (C=O) groups is 2. The van der Waals surface area contributed by atoms with Gasteiger partial charge in [0.2, 0.25) is 5.91 Å². The molecule has 5 unspecified atom stereocenters. The average molecular weight is 528 g/mol. The third-order valence-electron chi connectivity index (χ3n) is 10.9. The highest BCUT2D eigenvalue weighted by molar-refractivity contribution is 7.16. The summed E-state index contributed by atoms with van der Waals surface area (Å²) in [5.74, 6) is 3.93. The van der Waals surface area contributed by atoms with Gasteiger partial charge in [0.15, 0.2) is 5.78 Å². The van der Waals surface area contributed by atoms with Crippen LogP contribution in [-0.2, 0) is 9.59 Å². The van der Waals surface area contributed by atoms with Crippen LogP contribution in [0.1, 0.15) is 90.5 Å². The highest BCUT2D eigenvalue weighted by atomic mass is 35.5. The Bertz CT molecular complexity index is 1090. The largest absolute Gasteiger partial charge is 0.348 e. The Hall–Kier alpha value is -1.39. The molecule has 0 saturated heterocycles. The minimum atomic E-state index is 0.0376. The lowest BCUT2D eigenvalue weighted by atomic mass is 9.45.